The lowest BCUT2D eigenvalue weighted by Gasteiger charge is -2.09. The maximum absolute atomic E-state index is 12.2. The third kappa shape index (κ3) is 2.39. The predicted molar refractivity (Wildman–Crippen MR) is 68.1 cm³/mol. The summed E-state index contributed by atoms with van der Waals surface area (Å²) in [7, 11) is 0. The highest BCUT2D eigenvalue weighted by Gasteiger charge is 2.19. The van der Waals surface area contributed by atoms with Gasteiger partial charge >= 0.3 is 0 Å². The Bertz CT molecular complexity index is 766. The van der Waals surface area contributed by atoms with E-state index in [1.807, 2.05) is 0 Å². The average Bonchev–Trinajstić information content (AvgIpc) is 3.13. The van der Waals surface area contributed by atoms with Crippen LogP contribution in [0.5, 0.6) is 5.75 Å². The Balaban J connectivity index is 2.00. The van der Waals surface area contributed by atoms with E-state index in [-0.39, 0.29) is 23.1 Å². The molecule has 4 N–H and O–H groups in total. The molecule has 3 rings (SSSR count). The minimum Gasteiger partial charge on any atom is -0.506 e. The largest absolute Gasteiger partial charge is 0.506 e. The molecule has 0 atom stereocenters. The number of carbonyl (C=O) groups excluding carboxylic acids is 1. The van der Waals surface area contributed by atoms with E-state index < -0.39 is 5.91 Å². The number of H-pyrrole nitrogens is 2. The zero-order chi connectivity index (χ0) is 14.8. The van der Waals surface area contributed by atoms with Crippen LogP contribution in [-0.4, -0.2) is 52.3 Å². The molecule has 0 unspecified atom stereocenters. The van der Waals surface area contributed by atoms with Crippen molar-refractivity contribution >= 4 is 11.9 Å². The topological polar surface area (TPSA) is 158 Å². The van der Waals surface area contributed by atoms with Crippen LogP contribution in [-0.2, 0) is 0 Å². The smallest absolute Gasteiger partial charge is 0.261 e. The van der Waals surface area contributed by atoms with Crippen LogP contribution in [0.25, 0.3) is 11.4 Å². The van der Waals surface area contributed by atoms with Gasteiger partial charge in [-0.1, -0.05) is 5.10 Å². The van der Waals surface area contributed by atoms with Gasteiger partial charge in [-0.3, -0.25) is 10.1 Å². The number of aromatic amines is 2. The van der Waals surface area contributed by atoms with Crippen LogP contribution < -0.4 is 5.32 Å². The molecule has 11 heteroatoms. The number of amides is 1. The minimum atomic E-state index is -0.566. The molecule has 0 saturated heterocycles. The summed E-state index contributed by atoms with van der Waals surface area (Å²) in [5.41, 5.74) is 1.12. The summed E-state index contributed by atoms with van der Waals surface area (Å²) in [4.78, 5) is 12.2. The normalized spacial score (nSPS) is 10.5. The summed E-state index contributed by atoms with van der Waals surface area (Å²) >= 11 is 0. The Morgan fingerprint density at radius 1 is 1.19 bits per heavy atom. The van der Waals surface area contributed by atoms with E-state index in [9.17, 15) is 9.90 Å². The fourth-order valence-electron chi connectivity index (χ4n) is 1.79. The lowest BCUT2D eigenvalue weighted by Crippen LogP contribution is -2.14. The fourth-order valence-corrected chi connectivity index (χ4v) is 1.79. The zero-order valence-corrected chi connectivity index (χ0v) is 10.7. The number of aromatic nitrogens is 8. The molecule has 0 bridgehead atoms. The number of hydrogen-bond acceptors (Lipinski definition) is 8. The zero-order valence-electron chi connectivity index (χ0n) is 10.7. The molecule has 1 aromatic carbocycles. The molecule has 106 valence electrons. The van der Waals surface area contributed by atoms with E-state index in [1.165, 1.54) is 6.07 Å². The number of phenols is 1. The fraction of sp³-hybridized carbons (Fsp3) is 0.100. The summed E-state index contributed by atoms with van der Waals surface area (Å²) in [6.45, 7) is 1.78. The van der Waals surface area contributed by atoms with Crippen molar-refractivity contribution in [2.24, 2.45) is 0 Å². The lowest BCUT2D eigenvalue weighted by molar-refractivity contribution is 0.102. The van der Waals surface area contributed by atoms with Gasteiger partial charge < -0.3 is 5.11 Å². The monoisotopic (exact) mass is 287 g/mol. The van der Waals surface area contributed by atoms with Crippen molar-refractivity contribution in [3.63, 3.8) is 0 Å². The number of anilines is 1. The third-order valence-electron chi connectivity index (χ3n) is 2.68. The summed E-state index contributed by atoms with van der Waals surface area (Å²) in [6.07, 6.45) is 0. The highest BCUT2D eigenvalue weighted by Crippen LogP contribution is 2.31. The van der Waals surface area contributed by atoms with Crippen LogP contribution in [0.2, 0.25) is 0 Å². The second-order valence-electron chi connectivity index (χ2n) is 4.16. The third-order valence-corrected chi connectivity index (χ3v) is 2.68. The van der Waals surface area contributed by atoms with E-state index in [4.69, 9.17) is 0 Å². The summed E-state index contributed by atoms with van der Waals surface area (Å²) in [5.74, 6) is -0.483. The summed E-state index contributed by atoms with van der Waals surface area (Å²) in [5, 5.41) is 38.4. The number of carbonyl (C=O) groups is 1. The molecular formula is C10H9N9O2. The van der Waals surface area contributed by atoms with Gasteiger partial charge in [-0.25, -0.2) is 10.2 Å². The van der Waals surface area contributed by atoms with Gasteiger partial charge in [-0.15, -0.1) is 5.10 Å². The number of nitrogens with one attached hydrogen (secondary N) is 3. The van der Waals surface area contributed by atoms with Crippen molar-refractivity contribution in [1.29, 1.82) is 0 Å². The molecule has 2 aromatic heterocycles. The second-order valence-corrected chi connectivity index (χ2v) is 4.16. The van der Waals surface area contributed by atoms with Crippen LogP contribution in [0.3, 0.4) is 0 Å². The van der Waals surface area contributed by atoms with Crippen LogP contribution in [0, 0.1) is 6.92 Å². The van der Waals surface area contributed by atoms with Crippen LogP contribution >= 0.6 is 0 Å². The number of tetrazole rings is 2. The quantitative estimate of drug-likeness (QED) is 0.508. The molecule has 0 saturated carbocycles. The predicted octanol–water partition coefficient (Wildman–Crippen LogP) is -0.354. The van der Waals surface area contributed by atoms with Crippen molar-refractivity contribution in [2.75, 3.05) is 5.32 Å². The average molecular weight is 287 g/mol. The number of benzene rings is 1. The van der Waals surface area contributed by atoms with Gasteiger partial charge in [-0.05, 0) is 45.5 Å². The van der Waals surface area contributed by atoms with Crippen molar-refractivity contribution in [1.82, 2.24) is 41.2 Å². The van der Waals surface area contributed by atoms with Gasteiger partial charge in [0.05, 0.1) is 11.1 Å². The number of aromatic hydroxyl groups is 1. The molecule has 3 aromatic rings. The molecular weight excluding hydrogens is 278 g/mol. The number of rotatable bonds is 3. The van der Waals surface area contributed by atoms with E-state index >= 15 is 0 Å². The molecule has 0 radical (unpaired) electrons. The number of hydrogen-bond donors (Lipinski definition) is 4. The molecule has 0 aliphatic carbocycles. The Kier molecular flexibility index (Phi) is 2.99. The highest BCUT2D eigenvalue weighted by atomic mass is 16.3. The second kappa shape index (κ2) is 4.96. The summed E-state index contributed by atoms with van der Waals surface area (Å²) < 4.78 is 0. The number of aryl methyl sites for hydroxylation is 1. The van der Waals surface area contributed by atoms with E-state index in [0.717, 1.165) is 5.56 Å². The molecule has 2 heterocycles. The van der Waals surface area contributed by atoms with E-state index in [0.29, 0.717) is 5.56 Å². The molecule has 0 aliphatic heterocycles. The Hall–Kier alpha value is -3.37. The maximum atomic E-state index is 12.2. The van der Waals surface area contributed by atoms with Crippen molar-refractivity contribution < 1.29 is 9.90 Å². The van der Waals surface area contributed by atoms with Gasteiger partial charge in [0.2, 0.25) is 5.95 Å². The van der Waals surface area contributed by atoms with Gasteiger partial charge in [0.1, 0.15) is 5.75 Å². The Morgan fingerprint density at radius 2 is 1.95 bits per heavy atom. The van der Waals surface area contributed by atoms with Crippen molar-refractivity contribution in [3.8, 4) is 17.1 Å². The van der Waals surface area contributed by atoms with Crippen LogP contribution in [0.15, 0.2) is 12.1 Å². The molecule has 0 spiro atoms. The number of nitrogens with zero attached hydrogens (tertiary/aromatic N) is 6. The molecule has 1 amide bonds. The SMILES string of the molecule is Cc1cc(C(=O)Nc2nnn[nH]2)c(O)c(-c2nnn[nH]2)c1. The first-order valence-corrected chi connectivity index (χ1v) is 5.78. The Morgan fingerprint density at radius 3 is 2.62 bits per heavy atom. The van der Waals surface area contributed by atoms with E-state index in [2.05, 4.69) is 46.6 Å². The van der Waals surface area contributed by atoms with Gasteiger partial charge in [-0.2, -0.15) is 0 Å². The molecule has 11 nitrogen and oxygen atoms in total. The number of phenolic OH excluding ortho intramolecular Hbond substituents is 1. The highest BCUT2D eigenvalue weighted by molar-refractivity contribution is 6.06. The molecule has 21 heavy (non-hydrogen) atoms. The minimum absolute atomic E-state index is 0.0535. The van der Waals surface area contributed by atoms with Gasteiger partial charge in [0.15, 0.2) is 5.82 Å². The first-order chi connectivity index (χ1) is 10.1. The lowest BCUT2D eigenvalue weighted by atomic mass is 10.0. The van der Waals surface area contributed by atoms with E-state index in [1.54, 1.807) is 13.0 Å². The molecule has 0 aliphatic rings. The Labute approximate surface area is 116 Å². The van der Waals surface area contributed by atoms with Crippen molar-refractivity contribution in [3.05, 3.63) is 23.3 Å². The maximum Gasteiger partial charge on any atom is 0.261 e. The first kappa shape index (κ1) is 12.7. The van der Waals surface area contributed by atoms with Gasteiger partial charge in [0, 0.05) is 0 Å². The molecule has 0 fully saturated rings. The van der Waals surface area contributed by atoms with Crippen LogP contribution in [0.4, 0.5) is 5.95 Å². The van der Waals surface area contributed by atoms with Crippen LogP contribution in [0.1, 0.15) is 15.9 Å². The standard InChI is InChI=1S/C10H9N9O2/c1-4-2-5(8-12-16-17-13-8)7(20)6(3-4)9(21)11-10-14-18-19-15-10/h2-3,20H,1H3,(H,12,13,16,17)(H2,11,14,15,18,19,21). The first-order valence-electron chi connectivity index (χ1n) is 5.78. The van der Waals surface area contributed by atoms with Gasteiger partial charge in [0.25, 0.3) is 5.91 Å². The van der Waals surface area contributed by atoms with Crippen molar-refractivity contribution in [2.45, 2.75) is 6.92 Å². The summed E-state index contributed by atoms with van der Waals surface area (Å²) in [6, 6.07) is 3.19.